The third-order valence-electron chi connectivity index (χ3n) is 3.28. The van der Waals surface area contributed by atoms with Crippen LogP contribution in [0.5, 0.6) is 5.75 Å². The normalized spacial score (nSPS) is 11.4. The minimum Gasteiger partial charge on any atom is -0.481 e. The Hall–Kier alpha value is -2.57. The summed E-state index contributed by atoms with van der Waals surface area (Å²) in [6.07, 6.45) is -0.630. The van der Waals surface area contributed by atoms with Gasteiger partial charge in [-0.1, -0.05) is 6.07 Å². The summed E-state index contributed by atoms with van der Waals surface area (Å²) in [4.78, 5) is 33.6. The van der Waals surface area contributed by atoms with E-state index < -0.39 is 23.9 Å². The summed E-state index contributed by atoms with van der Waals surface area (Å²) in [5.41, 5.74) is 6.67. The van der Waals surface area contributed by atoms with Crippen molar-refractivity contribution < 1.29 is 24.2 Å². The van der Waals surface area contributed by atoms with Crippen molar-refractivity contribution in [3.8, 4) is 5.75 Å². The highest BCUT2D eigenvalue weighted by atomic mass is 16.5. The van der Waals surface area contributed by atoms with Crippen molar-refractivity contribution in [2.24, 2.45) is 0 Å². The van der Waals surface area contributed by atoms with Crippen molar-refractivity contribution in [2.45, 2.75) is 46.1 Å². The molecule has 1 aromatic rings. The molecule has 2 amide bonds. The van der Waals surface area contributed by atoms with Gasteiger partial charge in [-0.15, -0.1) is 0 Å². The topological polar surface area (TPSA) is 105 Å². The van der Waals surface area contributed by atoms with Gasteiger partial charge < -0.3 is 9.84 Å². The number of rotatable bonds is 7. The number of carboxylic acid groups (broad SMARTS) is 1. The molecule has 1 rings (SSSR count). The van der Waals surface area contributed by atoms with Gasteiger partial charge in [0, 0.05) is 12.8 Å². The molecule has 23 heavy (non-hydrogen) atoms. The van der Waals surface area contributed by atoms with Crippen LogP contribution < -0.4 is 15.6 Å². The molecule has 1 unspecified atom stereocenters. The van der Waals surface area contributed by atoms with E-state index in [2.05, 4.69) is 10.9 Å². The van der Waals surface area contributed by atoms with Crippen molar-refractivity contribution in [1.29, 1.82) is 0 Å². The second-order valence-electron chi connectivity index (χ2n) is 5.29. The van der Waals surface area contributed by atoms with Crippen molar-refractivity contribution >= 4 is 17.8 Å². The van der Waals surface area contributed by atoms with Crippen molar-refractivity contribution in [3.63, 3.8) is 0 Å². The molecule has 7 heteroatoms. The molecule has 1 atom stereocenters. The molecule has 0 aromatic heterocycles. The number of hydrazine groups is 1. The SMILES string of the molecule is Cc1ccc(OC(C)C(=O)NNC(=O)CCCC(=O)O)cc1C. The van der Waals surface area contributed by atoms with E-state index in [0.717, 1.165) is 11.1 Å². The quantitative estimate of drug-likeness (QED) is 0.659. The average molecular weight is 322 g/mol. The zero-order valence-electron chi connectivity index (χ0n) is 13.5. The first-order chi connectivity index (χ1) is 10.8. The van der Waals surface area contributed by atoms with Gasteiger partial charge in [-0.25, -0.2) is 0 Å². The number of nitrogens with one attached hydrogen (secondary N) is 2. The van der Waals surface area contributed by atoms with E-state index in [4.69, 9.17) is 9.84 Å². The predicted molar refractivity (Wildman–Crippen MR) is 83.8 cm³/mol. The zero-order valence-corrected chi connectivity index (χ0v) is 13.5. The number of aryl methyl sites for hydroxylation is 2. The van der Waals surface area contributed by atoms with E-state index in [9.17, 15) is 14.4 Å². The molecular weight excluding hydrogens is 300 g/mol. The summed E-state index contributed by atoms with van der Waals surface area (Å²) in [6.45, 7) is 5.50. The summed E-state index contributed by atoms with van der Waals surface area (Å²) >= 11 is 0. The average Bonchev–Trinajstić information content (AvgIpc) is 2.48. The molecule has 126 valence electrons. The fourth-order valence-electron chi connectivity index (χ4n) is 1.74. The van der Waals surface area contributed by atoms with E-state index in [1.165, 1.54) is 0 Å². The molecule has 7 nitrogen and oxygen atoms in total. The number of carbonyl (C=O) groups is 3. The monoisotopic (exact) mass is 322 g/mol. The van der Waals surface area contributed by atoms with Gasteiger partial charge in [0.2, 0.25) is 5.91 Å². The van der Waals surface area contributed by atoms with Crippen LogP contribution in [0.4, 0.5) is 0 Å². The number of ether oxygens (including phenoxy) is 1. The Kier molecular flexibility index (Phi) is 7.05. The van der Waals surface area contributed by atoms with Crippen LogP contribution in [0.1, 0.15) is 37.3 Å². The molecule has 3 N–H and O–H groups in total. The Morgan fingerprint density at radius 2 is 1.83 bits per heavy atom. The zero-order chi connectivity index (χ0) is 17.4. The van der Waals surface area contributed by atoms with Crippen LogP contribution in [0.15, 0.2) is 18.2 Å². The maximum Gasteiger partial charge on any atom is 0.303 e. The number of carbonyl (C=O) groups excluding carboxylic acids is 2. The number of benzene rings is 1. The number of hydrogen-bond acceptors (Lipinski definition) is 4. The highest BCUT2D eigenvalue weighted by Crippen LogP contribution is 2.17. The summed E-state index contributed by atoms with van der Waals surface area (Å²) in [6, 6.07) is 5.51. The van der Waals surface area contributed by atoms with Gasteiger partial charge in [-0.05, 0) is 50.5 Å². The predicted octanol–water partition coefficient (Wildman–Crippen LogP) is 1.47. The smallest absolute Gasteiger partial charge is 0.303 e. The summed E-state index contributed by atoms with van der Waals surface area (Å²) in [7, 11) is 0. The van der Waals surface area contributed by atoms with E-state index in [1.54, 1.807) is 13.0 Å². The molecule has 0 spiro atoms. The van der Waals surface area contributed by atoms with Gasteiger partial charge in [0.25, 0.3) is 5.91 Å². The van der Waals surface area contributed by atoms with E-state index >= 15 is 0 Å². The van der Waals surface area contributed by atoms with Crippen LogP contribution in [-0.2, 0) is 14.4 Å². The maximum absolute atomic E-state index is 11.8. The lowest BCUT2D eigenvalue weighted by atomic mass is 10.1. The van der Waals surface area contributed by atoms with Gasteiger partial charge in [-0.3, -0.25) is 25.2 Å². The Morgan fingerprint density at radius 1 is 1.13 bits per heavy atom. The number of aliphatic carboxylic acids is 1. The van der Waals surface area contributed by atoms with Gasteiger partial charge in [0.05, 0.1) is 0 Å². The van der Waals surface area contributed by atoms with Gasteiger partial charge in [0.15, 0.2) is 6.10 Å². The van der Waals surface area contributed by atoms with Crippen LogP contribution in [0.3, 0.4) is 0 Å². The van der Waals surface area contributed by atoms with E-state index in [1.807, 2.05) is 26.0 Å². The number of hydrogen-bond donors (Lipinski definition) is 3. The summed E-state index contributed by atoms with van der Waals surface area (Å²) in [5.74, 6) is -1.33. The lowest BCUT2D eigenvalue weighted by Gasteiger charge is -2.16. The number of carboxylic acids is 1. The first kappa shape index (κ1) is 18.5. The molecule has 0 saturated heterocycles. The van der Waals surface area contributed by atoms with Gasteiger partial charge in [-0.2, -0.15) is 0 Å². The largest absolute Gasteiger partial charge is 0.481 e. The van der Waals surface area contributed by atoms with Crippen molar-refractivity contribution in [1.82, 2.24) is 10.9 Å². The third kappa shape index (κ3) is 6.82. The first-order valence-electron chi connectivity index (χ1n) is 7.34. The molecule has 0 bridgehead atoms. The molecule has 1 aromatic carbocycles. The maximum atomic E-state index is 11.8. The molecular formula is C16H22N2O5. The first-order valence-corrected chi connectivity index (χ1v) is 7.34. The van der Waals surface area contributed by atoms with E-state index in [-0.39, 0.29) is 19.3 Å². The lowest BCUT2D eigenvalue weighted by molar-refractivity contribution is -0.137. The molecule has 0 radical (unpaired) electrons. The number of amides is 2. The second kappa shape index (κ2) is 8.77. The van der Waals surface area contributed by atoms with E-state index in [0.29, 0.717) is 5.75 Å². The highest BCUT2D eigenvalue weighted by Gasteiger charge is 2.15. The van der Waals surface area contributed by atoms with Gasteiger partial charge >= 0.3 is 5.97 Å². The van der Waals surface area contributed by atoms with Gasteiger partial charge in [0.1, 0.15) is 5.75 Å². The molecule has 0 saturated carbocycles. The fourth-order valence-corrected chi connectivity index (χ4v) is 1.74. The molecule has 0 heterocycles. The van der Waals surface area contributed by atoms with Crippen LogP contribution in [0, 0.1) is 13.8 Å². The Morgan fingerprint density at radius 3 is 2.43 bits per heavy atom. The molecule has 0 fully saturated rings. The second-order valence-corrected chi connectivity index (χ2v) is 5.29. The Balaban J connectivity index is 2.37. The molecule has 0 aliphatic carbocycles. The minimum absolute atomic E-state index is 0.0268. The lowest BCUT2D eigenvalue weighted by Crippen LogP contribution is -2.47. The van der Waals surface area contributed by atoms with Crippen LogP contribution >= 0.6 is 0 Å². The standard InChI is InChI=1S/C16H22N2O5/c1-10-7-8-13(9-11(10)2)23-12(3)16(22)18-17-14(19)5-4-6-15(20)21/h7-9,12H,4-6H2,1-3H3,(H,17,19)(H,18,22)(H,20,21). The third-order valence-corrected chi connectivity index (χ3v) is 3.28. The van der Waals surface area contributed by atoms with Crippen molar-refractivity contribution in [2.75, 3.05) is 0 Å². The molecule has 0 aliphatic rings. The Labute approximate surface area is 135 Å². The summed E-state index contributed by atoms with van der Waals surface area (Å²) < 4.78 is 5.52. The van der Waals surface area contributed by atoms with Crippen LogP contribution in [-0.4, -0.2) is 29.0 Å². The minimum atomic E-state index is -0.961. The Bertz CT molecular complexity index is 586. The highest BCUT2D eigenvalue weighted by molar-refractivity contribution is 5.84. The van der Waals surface area contributed by atoms with Crippen LogP contribution in [0.25, 0.3) is 0 Å². The van der Waals surface area contributed by atoms with Crippen molar-refractivity contribution in [3.05, 3.63) is 29.3 Å². The van der Waals surface area contributed by atoms with Crippen LogP contribution in [0.2, 0.25) is 0 Å². The molecule has 0 aliphatic heterocycles. The summed E-state index contributed by atoms with van der Waals surface area (Å²) in [5, 5.41) is 8.48. The fraction of sp³-hybridized carbons (Fsp3) is 0.438.